The molecule has 6 rings (SSSR count). The van der Waals surface area contributed by atoms with Crippen LogP contribution in [0.1, 0.15) is 58.9 Å². The van der Waals surface area contributed by atoms with E-state index in [1.165, 1.54) is 25.7 Å². The van der Waals surface area contributed by atoms with Gasteiger partial charge < -0.3 is 20.1 Å². The minimum absolute atomic E-state index is 0.764. The fourth-order valence-corrected chi connectivity index (χ4v) is 5.66. The molecule has 0 bridgehead atoms. The van der Waals surface area contributed by atoms with Crippen LogP contribution in [0.25, 0.3) is 44.9 Å². The fourth-order valence-electron chi connectivity index (χ4n) is 5.66. The van der Waals surface area contributed by atoms with Gasteiger partial charge >= 0.3 is 0 Å². The Morgan fingerprint density at radius 3 is 2.39 bits per heavy atom. The number of piperazine rings is 1. The van der Waals surface area contributed by atoms with E-state index >= 15 is 0 Å². The third kappa shape index (κ3) is 7.73. The van der Waals surface area contributed by atoms with Crippen LogP contribution in [-0.2, 0) is 0 Å². The first kappa shape index (κ1) is 32.9. The standard InChI is InChI=1S/C26H25N7.C8H19N.C2H6/c1-3-18-16-30-33-7-5-20(13-24(18)33)23-17-29-26-22(23)12-21(15-28-26)19-4-6-27-25(14-19)32-10-8-31(2)9-11-32;1-4-6-8(9-3)7-5-2;1-2/h3-7,12-17H,1,8-11H2,2H3,(H,28,29);8-9H,4-7H2,1-3H3;1-2H3. The van der Waals surface area contributed by atoms with Crippen molar-refractivity contribution in [2.75, 3.05) is 45.2 Å². The molecular formula is C36H50N8. The van der Waals surface area contributed by atoms with Gasteiger partial charge in [-0.25, -0.2) is 14.5 Å². The van der Waals surface area contributed by atoms with E-state index in [4.69, 9.17) is 4.98 Å². The minimum atomic E-state index is 0.764. The van der Waals surface area contributed by atoms with Crippen molar-refractivity contribution in [2.24, 2.45) is 0 Å². The van der Waals surface area contributed by atoms with Crippen molar-refractivity contribution in [2.45, 2.75) is 59.4 Å². The molecule has 0 saturated carbocycles. The summed E-state index contributed by atoms with van der Waals surface area (Å²) in [5.41, 5.74) is 7.37. The molecule has 8 nitrogen and oxygen atoms in total. The van der Waals surface area contributed by atoms with Crippen molar-refractivity contribution in [1.29, 1.82) is 0 Å². The number of aromatic amines is 1. The number of rotatable bonds is 9. The predicted octanol–water partition coefficient (Wildman–Crippen LogP) is 7.54. The molecule has 2 N–H and O–H groups in total. The lowest BCUT2D eigenvalue weighted by molar-refractivity contribution is 0.312. The van der Waals surface area contributed by atoms with Crippen LogP contribution in [0.4, 0.5) is 5.82 Å². The molecule has 1 fully saturated rings. The van der Waals surface area contributed by atoms with Crippen molar-refractivity contribution in [1.82, 2.24) is 34.8 Å². The lowest BCUT2D eigenvalue weighted by atomic mass is 10.0. The molecule has 0 amide bonds. The van der Waals surface area contributed by atoms with Crippen LogP contribution in [-0.4, -0.2) is 75.8 Å². The smallest absolute Gasteiger partial charge is 0.137 e. The zero-order valence-electron chi connectivity index (χ0n) is 27.5. The van der Waals surface area contributed by atoms with Crippen LogP contribution in [0.5, 0.6) is 0 Å². The molecule has 44 heavy (non-hydrogen) atoms. The third-order valence-electron chi connectivity index (χ3n) is 8.20. The van der Waals surface area contributed by atoms with E-state index in [2.05, 4.69) is 95.0 Å². The van der Waals surface area contributed by atoms with Gasteiger partial charge in [0.05, 0.1) is 11.7 Å². The predicted molar refractivity (Wildman–Crippen MR) is 187 cm³/mol. The molecule has 1 saturated heterocycles. The Labute approximate surface area is 263 Å². The molecule has 0 radical (unpaired) electrons. The van der Waals surface area contributed by atoms with Gasteiger partial charge in [0, 0.05) is 79.1 Å². The van der Waals surface area contributed by atoms with E-state index in [1.54, 1.807) is 0 Å². The molecule has 234 valence electrons. The summed E-state index contributed by atoms with van der Waals surface area (Å²) in [6.45, 7) is 16.5. The number of nitrogens with zero attached hydrogens (tertiary/aromatic N) is 6. The summed E-state index contributed by atoms with van der Waals surface area (Å²) in [6.07, 6.45) is 16.8. The number of hydrogen-bond acceptors (Lipinski definition) is 6. The Morgan fingerprint density at radius 1 is 0.955 bits per heavy atom. The van der Waals surface area contributed by atoms with Crippen LogP contribution in [0.2, 0.25) is 0 Å². The van der Waals surface area contributed by atoms with Crippen molar-refractivity contribution < 1.29 is 0 Å². The largest absolute Gasteiger partial charge is 0.354 e. The molecule has 1 aliphatic rings. The topological polar surface area (TPSA) is 77.4 Å². The Bertz CT molecular complexity index is 1600. The third-order valence-corrected chi connectivity index (χ3v) is 8.20. The number of H-pyrrole nitrogens is 1. The van der Waals surface area contributed by atoms with Gasteiger partial charge in [0.15, 0.2) is 0 Å². The molecule has 0 aliphatic carbocycles. The second-order valence-electron chi connectivity index (χ2n) is 11.1. The van der Waals surface area contributed by atoms with Gasteiger partial charge in [-0.2, -0.15) is 5.10 Å². The van der Waals surface area contributed by atoms with Crippen LogP contribution in [0.15, 0.2) is 67.9 Å². The second kappa shape index (κ2) is 16.2. The summed E-state index contributed by atoms with van der Waals surface area (Å²) in [6, 6.07) is 11.4. The molecular weight excluding hydrogens is 544 g/mol. The van der Waals surface area contributed by atoms with Crippen molar-refractivity contribution in [3.05, 3.63) is 73.5 Å². The van der Waals surface area contributed by atoms with Crippen LogP contribution in [0.3, 0.4) is 0 Å². The highest BCUT2D eigenvalue weighted by Gasteiger charge is 2.16. The number of hydrogen-bond donors (Lipinski definition) is 2. The number of aromatic nitrogens is 5. The van der Waals surface area contributed by atoms with Crippen molar-refractivity contribution in [3.8, 4) is 22.3 Å². The molecule has 6 heterocycles. The molecule has 5 aromatic heterocycles. The van der Waals surface area contributed by atoms with E-state index in [0.717, 1.165) is 82.4 Å². The van der Waals surface area contributed by atoms with Crippen LogP contribution < -0.4 is 10.2 Å². The monoisotopic (exact) mass is 594 g/mol. The molecule has 0 unspecified atom stereocenters. The molecule has 0 aromatic carbocycles. The molecule has 5 aromatic rings. The average Bonchev–Trinajstić information content (AvgIpc) is 3.69. The molecule has 1 aliphatic heterocycles. The van der Waals surface area contributed by atoms with Gasteiger partial charge in [-0.3, -0.25) is 0 Å². The second-order valence-corrected chi connectivity index (χ2v) is 11.1. The summed E-state index contributed by atoms with van der Waals surface area (Å²) >= 11 is 0. The van der Waals surface area contributed by atoms with Gasteiger partial charge in [-0.15, -0.1) is 0 Å². The van der Waals surface area contributed by atoms with Crippen molar-refractivity contribution >= 4 is 28.4 Å². The van der Waals surface area contributed by atoms with E-state index in [9.17, 15) is 0 Å². The first-order chi connectivity index (χ1) is 21.5. The maximum Gasteiger partial charge on any atom is 0.137 e. The number of likely N-dealkylation sites (N-methyl/N-ethyl adjacent to an activating group) is 1. The average molecular weight is 595 g/mol. The maximum absolute atomic E-state index is 4.71. The van der Waals surface area contributed by atoms with Gasteiger partial charge in [-0.1, -0.05) is 53.2 Å². The number of fused-ring (bicyclic) bond motifs is 2. The summed E-state index contributed by atoms with van der Waals surface area (Å²) in [7, 11) is 4.22. The lowest BCUT2D eigenvalue weighted by Gasteiger charge is -2.33. The highest BCUT2D eigenvalue weighted by atomic mass is 15.3. The number of pyridine rings is 3. The summed E-state index contributed by atoms with van der Waals surface area (Å²) in [4.78, 5) is 17.4. The first-order valence-corrected chi connectivity index (χ1v) is 16.2. The molecule has 0 spiro atoms. The van der Waals surface area contributed by atoms with Crippen LogP contribution >= 0.6 is 0 Å². The van der Waals surface area contributed by atoms with Gasteiger partial charge in [-0.05, 0) is 68.4 Å². The van der Waals surface area contributed by atoms with E-state index in [-0.39, 0.29) is 0 Å². The van der Waals surface area contributed by atoms with E-state index < -0.39 is 0 Å². The number of anilines is 1. The SMILES string of the molecule is C=Cc1cnn2ccc(-c3c[nH]c4ncc(-c5ccnc(N6CCN(C)CC6)c5)cc34)cc12.CC.CCCC(CCC)NC. The van der Waals surface area contributed by atoms with E-state index in [1.807, 2.05) is 55.4 Å². The Hall–Kier alpha value is -4.01. The maximum atomic E-state index is 4.71. The summed E-state index contributed by atoms with van der Waals surface area (Å²) < 4.78 is 1.87. The first-order valence-electron chi connectivity index (χ1n) is 16.2. The normalized spacial score (nSPS) is 13.5. The lowest BCUT2D eigenvalue weighted by Crippen LogP contribution is -2.44. The van der Waals surface area contributed by atoms with Gasteiger partial charge in [0.25, 0.3) is 0 Å². The number of nitrogens with one attached hydrogen (secondary N) is 2. The van der Waals surface area contributed by atoms with Gasteiger partial charge in [0.1, 0.15) is 11.5 Å². The Balaban J connectivity index is 0.000000348. The quantitative estimate of drug-likeness (QED) is 0.184. The van der Waals surface area contributed by atoms with E-state index in [0.29, 0.717) is 0 Å². The zero-order valence-corrected chi connectivity index (χ0v) is 27.5. The zero-order chi connectivity index (χ0) is 31.5. The van der Waals surface area contributed by atoms with Gasteiger partial charge in [0.2, 0.25) is 0 Å². The molecule has 0 atom stereocenters. The Morgan fingerprint density at radius 2 is 1.70 bits per heavy atom. The highest BCUT2D eigenvalue weighted by molar-refractivity contribution is 5.96. The summed E-state index contributed by atoms with van der Waals surface area (Å²) in [5, 5.41) is 8.79. The minimum Gasteiger partial charge on any atom is -0.354 e. The van der Waals surface area contributed by atoms with Crippen molar-refractivity contribution in [3.63, 3.8) is 0 Å². The molecule has 8 heteroatoms. The Kier molecular flexibility index (Phi) is 12.1. The van der Waals surface area contributed by atoms with Crippen LogP contribution in [0, 0.1) is 0 Å². The fraction of sp³-hybridized carbons (Fsp3) is 0.417. The summed E-state index contributed by atoms with van der Waals surface area (Å²) in [5.74, 6) is 1.03. The highest BCUT2D eigenvalue weighted by Crippen LogP contribution is 2.32.